The molecule has 0 bridgehead atoms. The van der Waals surface area contributed by atoms with Crippen LogP contribution in [0.15, 0.2) is 59.5 Å². The van der Waals surface area contributed by atoms with Crippen molar-refractivity contribution in [2.45, 2.75) is 32.0 Å². The number of nitrogens with one attached hydrogen (secondary N) is 1. The van der Waals surface area contributed by atoms with Crippen molar-refractivity contribution < 1.29 is 23.9 Å². The van der Waals surface area contributed by atoms with Gasteiger partial charge in [0.25, 0.3) is 0 Å². The molecule has 8 nitrogen and oxygen atoms in total. The number of piperidine rings is 1. The summed E-state index contributed by atoms with van der Waals surface area (Å²) in [6.45, 7) is 5.06. The number of carbonyl (C=O) groups excluding carboxylic acids is 3. The van der Waals surface area contributed by atoms with Crippen LogP contribution in [0.2, 0.25) is 0 Å². The van der Waals surface area contributed by atoms with Gasteiger partial charge >= 0.3 is 0 Å². The monoisotopic (exact) mass is 449 g/mol. The van der Waals surface area contributed by atoms with E-state index < -0.39 is 6.04 Å². The van der Waals surface area contributed by atoms with Gasteiger partial charge < -0.3 is 14.4 Å². The van der Waals surface area contributed by atoms with E-state index in [9.17, 15) is 14.4 Å². The number of benzene rings is 1. The second kappa shape index (κ2) is 9.33. The van der Waals surface area contributed by atoms with Crippen LogP contribution in [0.25, 0.3) is 0 Å². The van der Waals surface area contributed by atoms with Crippen LogP contribution in [0.1, 0.15) is 24.0 Å². The number of ketones is 1. The molecular formula is C25H27N3O5. The van der Waals surface area contributed by atoms with Crippen molar-refractivity contribution in [3.8, 4) is 0 Å². The maximum Gasteiger partial charge on any atom is 0.249 e. The molecule has 1 atom stereocenters. The first-order valence-electron chi connectivity index (χ1n) is 11.3. The SMILES string of the molecule is O=C1CCC(N2C=C3C=CC(=O)C(OCc4ccc(CN5CCOCC5)cc4)=C3C2)C(=O)N1. The topological polar surface area (TPSA) is 88.2 Å². The van der Waals surface area contributed by atoms with Gasteiger partial charge in [0.15, 0.2) is 5.76 Å². The third-order valence-corrected chi connectivity index (χ3v) is 6.43. The van der Waals surface area contributed by atoms with Crippen LogP contribution in [0.3, 0.4) is 0 Å². The molecule has 3 aliphatic heterocycles. The van der Waals surface area contributed by atoms with E-state index in [1.807, 2.05) is 23.2 Å². The maximum absolute atomic E-state index is 12.6. The van der Waals surface area contributed by atoms with Gasteiger partial charge in [-0.15, -0.1) is 0 Å². The van der Waals surface area contributed by atoms with Crippen LogP contribution < -0.4 is 5.32 Å². The first-order chi connectivity index (χ1) is 16.1. The van der Waals surface area contributed by atoms with Crippen LogP contribution in [0, 0.1) is 0 Å². The predicted molar refractivity (Wildman–Crippen MR) is 119 cm³/mol. The summed E-state index contributed by atoms with van der Waals surface area (Å²) in [7, 11) is 0. The van der Waals surface area contributed by atoms with Gasteiger partial charge in [0, 0.05) is 44.4 Å². The van der Waals surface area contributed by atoms with E-state index in [-0.39, 0.29) is 17.6 Å². The van der Waals surface area contributed by atoms with Crippen molar-refractivity contribution in [2.24, 2.45) is 0 Å². The number of hydrogen-bond donors (Lipinski definition) is 1. The summed E-state index contributed by atoms with van der Waals surface area (Å²) in [6.07, 6.45) is 5.92. The molecule has 2 fully saturated rings. The zero-order valence-electron chi connectivity index (χ0n) is 18.4. The zero-order chi connectivity index (χ0) is 22.8. The summed E-state index contributed by atoms with van der Waals surface area (Å²) in [5, 5.41) is 2.39. The average Bonchev–Trinajstić information content (AvgIpc) is 3.24. The highest BCUT2D eigenvalue weighted by Crippen LogP contribution is 2.32. The molecule has 1 aromatic rings. The summed E-state index contributed by atoms with van der Waals surface area (Å²) in [4.78, 5) is 40.6. The number of nitrogens with zero attached hydrogens (tertiary/aromatic N) is 2. The quantitative estimate of drug-likeness (QED) is 0.658. The van der Waals surface area contributed by atoms with Crippen molar-refractivity contribution in [1.29, 1.82) is 0 Å². The molecule has 1 unspecified atom stereocenters. The number of allylic oxidation sites excluding steroid dienone is 2. The predicted octanol–water partition coefficient (Wildman–Crippen LogP) is 1.43. The second-order valence-corrected chi connectivity index (χ2v) is 8.72. The van der Waals surface area contributed by atoms with Crippen LogP contribution in [0.4, 0.5) is 0 Å². The maximum atomic E-state index is 12.6. The van der Waals surface area contributed by atoms with Crippen LogP contribution in [0.5, 0.6) is 0 Å². The molecule has 33 heavy (non-hydrogen) atoms. The number of imide groups is 1. The third kappa shape index (κ3) is 4.77. The van der Waals surface area contributed by atoms with Gasteiger partial charge in [-0.25, -0.2) is 0 Å². The van der Waals surface area contributed by atoms with E-state index in [0.29, 0.717) is 31.8 Å². The van der Waals surface area contributed by atoms with E-state index in [1.54, 1.807) is 6.08 Å². The Morgan fingerprint density at radius 2 is 1.79 bits per heavy atom. The van der Waals surface area contributed by atoms with Crippen LogP contribution >= 0.6 is 0 Å². The highest BCUT2D eigenvalue weighted by atomic mass is 16.5. The first kappa shape index (κ1) is 21.6. The Labute approximate surface area is 192 Å². The largest absolute Gasteiger partial charge is 0.484 e. The number of ether oxygens (including phenoxy) is 2. The molecule has 0 aromatic heterocycles. The van der Waals surface area contributed by atoms with Crippen LogP contribution in [-0.4, -0.2) is 66.3 Å². The summed E-state index contributed by atoms with van der Waals surface area (Å²) in [5.74, 6) is -0.376. The Kier molecular flexibility index (Phi) is 6.11. The number of carbonyl (C=O) groups is 3. The standard InChI is InChI=1S/C25H27N3O5/c29-22-7-5-19-14-28(21-6-8-23(30)26-25(21)31)15-20(19)24(22)33-16-18-3-1-17(2-4-18)13-27-9-11-32-12-10-27/h1-5,7,14,21H,6,8-13,15-16H2,(H,26,30,31). The Morgan fingerprint density at radius 1 is 1.03 bits per heavy atom. The fourth-order valence-electron chi connectivity index (χ4n) is 4.58. The van der Waals surface area contributed by atoms with E-state index in [2.05, 4.69) is 22.3 Å². The van der Waals surface area contributed by atoms with Crippen molar-refractivity contribution in [2.75, 3.05) is 32.8 Å². The minimum Gasteiger partial charge on any atom is -0.484 e. The van der Waals surface area contributed by atoms with E-state index in [4.69, 9.17) is 9.47 Å². The molecule has 1 N–H and O–H groups in total. The fraction of sp³-hybridized carbons (Fsp3) is 0.400. The average molecular weight is 450 g/mol. The molecule has 8 heteroatoms. The lowest BCUT2D eigenvalue weighted by atomic mass is 10.00. The van der Waals surface area contributed by atoms with E-state index in [0.717, 1.165) is 49.6 Å². The number of fused-ring (bicyclic) bond motifs is 1. The Morgan fingerprint density at radius 3 is 2.55 bits per heavy atom. The van der Waals surface area contributed by atoms with Gasteiger partial charge in [0.1, 0.15) is 12.6 Å². The van der Waals surface area contributed by atoms with E-state index in [1.165, 1.54) is 11.6 Å². The fourth-order valence-corrected chi connectivity index (χ4v) is 4.58. The molecule has 2 saturated heterocycles. The Balaban J connectivity index is 1.23. The van der Waals surface area contributed by atoms with Crippen molar-refractivity contribution in [3.05, 3.63) is 70.6 Å². The van der Waals surface area contributed by atoms with Gasteiger partial charge in [0.2, 0.25) is 17.6 Å². The Hall–Kier alpha value is -3.23. The third-order valence-electron chi connectivity index (χ3n) is 6.43. The van der Waals surface area contributed by atoms with Gasteiger partial charge in [-0.05, 0) is 35.3 Å². The first-order valence-corrected chi connectivity index (χ1v) is 11.3. The number of morpholine rings is 1. The summed E-state index contributed by atoms with van der Waals surface area (Å²) in [6, 6.07) is 7.84. The summed E-state index contributed by atoms with van der Waals surface area (Å²) >= 11 is 0. The number of hydrogen-bond acceptors (Lipinski definition) is 7. The molecule has 1 aromatic carbocycles. The molecule has 5 rings (SSSR count). The lowest BCUT2D eigenvalue weighted by Gasteiger charge is -2.29. The van der Waals surface area contributed by atoms with Gasteiger partial charge in [-0.2, -0.15) is 0 Å². The highest BCUT2D eigenvalue weighted by Gasteiger charge is 2.36. The second-order valence-electron chi connectivity index (χ2n) is 8.72. The zero-order valence-corrected chi connectivity index (χ0v) is 18.4. The molecular weight excluding hydrogens is 422 g/mol. The molecule has 4 aliphatic rings. The van der Waals surface area contributed by atoms with Crippen molar-refractivity contribution in [3.63, 3.8) is 0 Å². The minimum atomic E-state index is -0.419. The molecule has 3 heterocycles. The molecule has 0 saturated carbocycles. The molecule has 0 radical (unpaired) electrons. The van der Waals surface area contributed by atoms with E-state index >= 15 is 0 Å². The summed E-state index contributed by atoms with van der Waals surface area (Å²) < 4.78 is 11.4. The highest BCUT2D eigenvalue weighted by molar-refractivity contribution is 6.06. The molecule has 1 aliphatic carbocycles. The van der Waals surface area contributed by atoms with Crippen molar-refractivity contribution in [1.82, 2.24) is 15.1 Å². The molecule has 0 spiro atoms. The smallest absolute Gasteiger partial charge is 0.249 e. The van der Waals surface area contributed by atoms with Gasteiger partial charge in [-0.3, -0.25) is 24.6 Å². The lowest BCUT2D eigenvalue weighted by Crippen LogP contribution is -2.50. The minimum absolute atomic E-state index is 0.170. The van der Waals surface area contributed by atoms with Crippen molar-refractivity contribution >= 4 is 17.6 Å². The van der Waals surface area contributed by atoms with Gasteiger partial charge in [0.05, 0.1) is 13.2 Å². The molecule has 172 valence electrons. The molecule has 2 amide bonds. The Bertz CT molecular complexity index is 1050. The lowest BCUT2D eigenvalue weighted by molar-refractivity contribution is -0.136. The number of amides is 2. The number of rotatable bonds is 6. The summed E-state index contributed by atoms with van der Waals surface area (Å²) in [5.41, 5.74) is 3.88. The normalized spacial score (nSPS) is 23.5. The van der Waals surface area contributed by atoms with Crippen LogP contribution in [-0.2, 0) is 37.0 Å². The van der Waals surface area contributed by atoms with Gasteiger partial charge in [-0.1, -0.05) is 24.3 Å².